The van der Waals surface area contributed by atoms with Crippen molar-refractivity contribution in [3.63, 3.8) is 0 Å². The molecule has 0 saturated heterocycles. The molecule has 0 unspecified atom stereocenters. The van der Waals surface area contributed by atoms with Crippen molar-refractivity contribution >= 4 is 16.9 Å². The zero-order valence-corrected chi connectivity index (χ0v) is 12.5. The monoisotopic (exact) mass is 287 g/mol. The van der Waals surface area contributed by atoms with E-state index in [1.165, 1.54) is 0 Å². The Morgan fingerprint density at radius 3 is 2.62 bits per heavy atom. The number of aromatic nitrogens is 1. The minimum Gasteiger partial charge on any atom is -0.495 e. The Kier molecular flexibility index (Phi) is 3.40. The number of fused-ring (bicyclic) bond motifs is 1. The number of carbonyl (C=O) groups is 1. The normalized spacial score (nSPS) is 17.8. The number of carboxylic acid groups (broad SMARTS) is 1. The number of ether oxygens (including phenoxy) is 1. The first kappa shape index (κ1) is 14.0. The Hall–Kier alpha value is -1.97. The number of H-pyrrole nitrogens is 1. The zero-order chi connectivity index (χ0) is 15.0. The predicted molar refractivity (Wildman–Crippen MR) is 82.0 cm³/mol. The van der Waals surface area contributed by atoms with Crippen LogP contribution in [0.2, 0.25) is 0 Å². The number of hydrogen-bond donors (Lipinski definition) is 2. The van der Waals surface area contributed by atoms with Crippen LogP contribution in [0, 0.1) is 6.92 Å². The smallest absolute Gasteiger partial charge is 0.314 e. The lowest BCUT2D eigenvalue weighted by Gasteiger charge is -2.34. The summed E-state index contributed by atoms with van der Waals surface area (Å²) in [6.07, 6.45) is 6.42. The minimum absolute atomic E-state index is 0.709. The Morgan fingerprint density at radius 1 is 1.29 bits per heavy atom. The topological polar surface area (TPSA) is 62.3 Å². The van der Waals surface area contributed by atoms with Crippen molar-refractivity contribution in [2.75, 3.05) is 7.11 Å². The second kappa shape index (κ2) is 5.10. The first-order chi connectivity index (χ1) is 10.1. The van der Waals surface area contributed by atoms with Gasteiger partial charge in [-0.2, -0.15) is 0 Å². The summed E-state index contributed by atoms with van der Waals surface area (Å²) in [6.45, 7) is 2.02. The van der Waals surface area contributed by atoms with Crippen LogP contribution in [0.4, 0.5) is 0 Å². The summed E-state index contributed by atoms with van der Waals surface area (Å²) in [5.74, 6) is 0.0126. The average Bonchev–Trinajstić information content (AvgIpc) is 2.88. The van der Waals surface area contributed by atoms with Crippen LogP contribution in [0.1, 0.15) is 43.2 Å². The molecule has 1 heterocycles. The third-order valence-electron chi connectivity index (χ3n) is 4.85. The second-order valence-corrected chi connectivity index (χ2v) is 6.02. The molecule has 1 fully saturated rings. The number of methoxy groups -OCH3 is 1. The number of aryl methyl sites for hydroxylation is 1. The van der Waals surface area contributed by atoms with Gasteiger partial charge in [0.2, 0.25) is 0 Å². The number of nitrogens with one attached hydrogen (secondary N) is 1. The van der Waals surface area contributed by atoms with E-state index in [0.29, 0.717) is 12.8 Å². The van der Waals surface area contributed by atoms with E-state index in [4.69, 9.17) is 4.74 Å². The molecule has 112 valence electrons. The maximum Gasteiger partial charge on any atom is 0.314 e. The number of benzene rings is 1. The van der Waals surface area contributed by atoms with Gasteiger partial charge in [0.05, 0.1) is 18.0 Å². The largest absolute Gasteiger partial charge is 0.495 e. The van der Waals surface area contributed by atoms with Gasteiger partial charge in [0, 0.05) is 11.6 Å². The third kappa shape index (κ3) is 2.09. The molecule has 3 rings (SSSR count). The van der Waals surface area contributed by atoms with Crippen LogP contribution >= 0.6 is 0 Å². The Bertz CT molecular complexity index is 681. The highest BCUT2D eigenvalue weighted by atomic mass is 16.5. The van der Waals surface area contributed by atoms with Gasteiger partial charge in [-0.15, -0.1) is 0 Å². The number of aromatic amines is 1. The van der Waals surface area contributed by atoms with Gasteiger partial charge in [-0.05, 0) is 43.0 Å². The molecule has 0 aliphatic heterocycles. The van der Waals surface area contributed by atoms with E-state index in [9.17, 15) is 9.90 Å². The van der Waals surface area contributed by atoms with Crippen molar-refractivity contribution in [1.29, 1.82) is 0 Å². The lowest BCUT2D eigenvalue weighted by molar-refractivity contribution is -0.145. The maximum atomic E-state index is 12.0. The maximum absolute atomic E-state index is 12.0. The van der Waals surface area contributed by atoms with E-state index in [-0.39, 0.29) is 0 Å². The number of rotatable bonds is 3. The van der Waals surface area contributed by atoms with E-state index < -0.39 is 11.4 Å². The summed E-state index contributed by atoms with van der Waals surface area (Å²) in [5, 5.41) is 10.9. The SMILES string of the molecule is COc1cc(C2(C(=O)O)CCCCC2)cc2c(C)c[nH]c12. The molecule has 1 aliphatic rings. The van der Waals surface area contributed by atoms with Gasteiger partial charge in [0.15, 0.2) is 0 Å². The summed E-state index contributed by atoms with van der Waals surface area (Å²) in [4.78, 5) is 15.2. The first-order valence-electron chi connectivity index (χ1n) is 7.48. The second-order valence-electron chi connectivity index (χ2n) is 6.02. The molecular weight excluding hydrogens is 266 g/mol. The Labute approximate surface area is 124 Å². The highest BCUT2D eigenvalue weighted by molar-refractivity contribution is 5.91. The van der Waals surface area contributed by atoms with Gasteiger partial charge in [0.25, 0.3) is 0 Å². The molecular formula is C17H21NO3. The van der Waals surface area contributed by atoms with Crippen LogP contribution in [0.15, 0.2) is 18.3 Å². The van der Waals surface area contributed by atoms with Gasteiger partial charge in [-0.25, -0.2) is 0 Å². The molecule has 0 atom stereocenters. The van der Waals surface area contributed by atoms with Crippen LogP contribution in [-0.2, 0) is 10.2 Å². The van der Waals surface area contributed by atoms with E-state index in [2.05, 4.69) is 4.98 Å². The summed E-state index contributed by atoms with van der Waals surface area (Å²) in [7, 11) is 1.63. The standard InChI is InChI=1S/C17H21NO3/c1-11-10-18-15-13(11)8-12(9-14(15)21-2)17(16(19)20)6-4-3-5-7-17/h8-10,18H,3-7H2,1-2H3,(H,19,20). The van der Waals surface area contributed by atoms with Gasteiger partial charge < -0.3 is 14.8 Å². The summed E-state index contributed by atoms with van der Waals surface area (Å²) < 4.78 is 5.47. The lowest BCUT2D eigenvalue weighted by Crippen LogP contribution is -2.37. The summed E-state index contributed by atoms with van der Waals surface area (Å²) in [5.41, 5.74) is 2.17. The fraction of sp³-hybridized carbons (Fsp3) is 0.471. The van der Waals surface area contributed by atoms with Crippen molar-refractivity contribution in [3.05, 3.63) is 29.5 Å². The molecule has 1 aromatic carbocycles. The minimum atomic E-state index is -0.760. The van der Waals surface area contributed by atoms with Crippen LogP contribution in [0.3, 0.4) is 0 Å². The first-order valence-corrected chi connectivity index (χ1v) is 7.48. The van der Waals surface area contributed by atoms with Crippen molar-refractivity contribution in [2.45, 2.75) is 44.4 Å². The van der Waals surface area contributed by atoms with E-state index in [1.54, 1.807) is 7.11 Å². The van der Waals surface area contributed by atoms with Crippen LogP contribution in [-0.4, -0.2) is 23.2 Å². The molecule has 1 aliphatic carbocycles. The van der Waals surface area contributed by atoms with Crippen LogP contribution in [0.25, 0.3) is 10.9 Å². The van der Waals surface area contributed by atoms with E-state index >= 15 is 0 Å². The van der Waals surface area contributed by atoms with Crippen molar-refractivity contribution in [3.8, 4) is 5.75 Å². The molecule has 0 bridgehead atoms. The summed E-state index contributed by atoms with van der Waals surface area (Å²) >= 11 is 0. The quantitative estimate of drug-likeness (QED) is 0.903. The van der Waals surface area contributed by atoms with Crippen LogP contribution in [0.5, 0.6) is 5.75 Å². The molecule has 2 aromatic rings. The highest BCUT2D eigenvalue weighted by Gasteiger charge is 2.41. The van der Waals surface area contributed by atoms with Crippen molar-refractivity contribution in [2.24, 2.45) is 0 Å². The van der Waals surface area contributed by atoms with Gasteiger partial charge >= 0.3 is 5.97 Å². The lowest BCUT2D eigenvalue weighted by atomic mass is 9.69. The molecule has 4 nitrogen and oxygen atoms in total. The fourth-order valence-corrected chi connectivity index (χ4v) is 3.55. The van der Waals surface area contributed by atoms with E-state index in [1.807, 2.05) is 25.3 Å². The molecule has 0 radical (unpaired) electrons. The molecule has 0 amide bonds. The van der Waals surface area contributed by atoms with Crippen molar-refractivity contribution < 1.29 is 14.6 Å². The third-order valence-corrected chi connectivity index (χ3v) is 4.85. The van der Waals surface area contributed by atoms with Gasteiger partial charge in [0.1, 0.15) is 5.75 Å². The number of aliphatic carboxylic acids is 1. The zero-order valence-electron chi connectivity index (χ0n) is 12.5. The predicted octanol–water partition coefficient (Wildman–Crippen LogP) is 3.77. The number of hydrogen-bond acceptors (Lipinski definition) is 2. The van der Waals surface area contributed by atoms with Gasteiger partial charge in [-0.1, -0.05) is 19.3 Å². The molecule has 0 spiro atoms. The average molecular weight is 287 g/mol. The highest BCUT2D eigenvalue weighted by Crippen LogP contribution is 2.43. The van der Waals surface area contributed by atoms with Gasteiger partial charge in [-0.3, -0.25) is 4.79 Å². The Balaban J connectivity index is 2.22. The molecule has 2 N–H and O–H groups in total. The van der Waals surface area contributed by atoms with E-state index in [0.717, 1.165) is 47.0 Å². The fourth-order valence-electron chi connectivity index (χ4n) is 3.55. The Morgan fingerprint density at radius 2 is 2.00 bits per heavy atom. The number of carboxylic acids is 1. The molecule has 21 heavy (non-hydrogen) atoms. The van der Waals surface area contributed by atoms with Crippen LogP contribution < -0.4 is 4.74 Å². The molecule has 1 aromatic heterocycles. The summed E-state index contributed by atoms with van der Waals surface area (Å²) in [6, 6.07) is 3.93. The molecule has 4 heteroatoms. The molecule has 1 saturated carbocycles. The van der Waals surface area contributed by atoms with Crippen molar-refractivity contribution in [1.82, 2.24) is 4.98 Å².